The molecule has 0 aliphatic carbocycles. The summed E-state index contributed by atoms with van der Waals surface area (Å²) in [4.78, 5) is 3.83. The molecule has 0 amide bonds. The molecule has 0 aliphatic rings. The van der Waals surface area contributed by atoms with Crippen molar-refractivity contribution >= 4 is 0 Å². The molecule has 0 fully saturated rings. The van der Waals surface area contributed by atoms with Crippen LogP contribution in [0.4, 0.5) is 0 Å². The lowest BCUT2D eigenvalue weighted by Gasteiger charge is -2.16. The molecule has 0 aliphatic heterocycles. The van der Waals surface area contributed by atoms with Gasteiger partial charge in [0.05, 0.1) is 6.10 Å². The fourth-order valence-corrected chi connectivity index (χ4v) is 1.15. The highest BCUT2D eigenvalue weighted by atomic mass is 16.3. The maximum absolute atomic E-state index is 9.46. The van der Waals surface area contributed by atoms with Crippen LogP contribution in [0.2, 0.25) is 0 Å². The molecular formula is C8H15N3O. The Balaban J connectivity index is 2.41. The van der Waals surface area contributed by atoms with Gasteiger partial charge in [-0.1, -0.05) is 13.8 Å². The van der Waals surface area contributed by atoms with Gasteiger partial charge < -0.3 is 5.11 Å². The summed E-state index contributed by atoms with van der Waals surface area (Å²) >= 11 is 0. The lowest BCUT2D eigenvalue weighted by Crippen LogP contribution is -2.21. The fourth-order valence-electron chi connectivity index (χ4n) is 1.15. The monoisotopic (exact) mass is 169 g/mol. The number of aliphatic hydroxyl groups is 1. The van der Waals surface area contributed by atoms with E-state index in [4.69, 9.17) is 0 Å². The minimum Gasteiger partial charge on any atom is -0.393 e. The van der Waals surface area contributed by atoms with Gasteiger partial charge in [-0.15, -0.1) is 0 Å². The first-order valence-electron chi connectivity index (χ1n) is 4.24. The van der Waals surface area contributed by atoms with Crippen molar-refractivity contribution in [2.75, 3.05) is 0 Å². The second-order valence-electron chi connectivity index (χ2n) is 3.07. The van der Waals surface area contributed by atoms with Crippen molar-refractivity contribution < 1.29 is 5.11 Å². The highest BCUT2D eigenvalue weighted by molar-refractivity contribution is 4.65. The highest BCUT2D eigenvalue weighted by Gasteiger charge is 2.12. The summed E-state index contributed by atoms with van der Waals surface area (Å²) in [7, 11) is 0. The van der Waals surface area contributed by atoms with Gasteiger partial charge in [0.1, 0.15) is 12.7 Å². The average molecular weight is 169 g/mol. The van der Waals surface area contributed by atoms with Crippen molar-refractivity contribution in [1.82, 2.24) is 14.8 Å². The van der Waals surface area contributed by atoms with Crippen LogP contribution in [0, 0.1) is 5.92 Å². The topological polar surface area (TPSA) is 50.9 Å². The summed E-state index contributed by atoms with van der Waals surface area (Å²) < 4.78 is 1.74. The van der Waals surface area contributed by atoms with Crippen molar-refractivity contribution in [2.45, 2.75) is 32.9 Å². The summed E-state index contributed by atoms with van der Waals surface area (Å²) in [6.45, 7) is 4.72. The number of hydrogen-bond donors (Lipinski definition) is 1. The minimum absolute atomic E-state index is 0.233. The second-order valence-corrected chi connectivity index (χ2v) is 3.07. The average Bonchev–Trinajstić information content (AvgIpc) is 2.55. The van der Waals surface area contributed by atoms with E-state index in [-0.39, 0.29) is 12.0 Å². The minimum atomic E-state index is -0.241. The first-order valence-corrected chi connectivity index (χ1v) is 4.24. The third-order valence-corrected chi connectivity index (χ3v) is 2.02. The first kappa shape index (κ1) is 9.19. The highest BCUT2D eigenvalue weighted by Crippen LogP contribution is 2.08. The fraction of sp³-hybridized carbons (Fsp3) is 0.750. The van der Waals surface area contributed by atoms with Crippen molar-refractivity contribution in [2.24, 2.45) is 5.92 Å². The van der Waals surface area contributed by atoms with Gasteiger partial charge in [0.15, 0.2) is 0 Å². The molecule has 0 radical (unpaired) electrons. The largest absolute Gasteiger partial charge is 0.393 e. The lowest BCUT2D eigenvalue weighted by atomic mass is 10.0. The Morgan fingerprint density at radius 3 is 2.83 bits per heavy atom. The molecule has 1 rings (SSSR count). The Morgan fingerprint density at radius 1 is 1.58 bits per heavy atom. The van der Waals surface area contributed by atoms with Crippen LogP contribution in [0.1, 0.15) is 20.3 Å². The van der Waals surface area contributed by atoms with Gasteiger partial charge in [0.2, 0.25) is 0 Å². The molecule has 0 bridgehead atoms. The van der Waals surface area contributed by atoms with Gasteiger partial charge >= 0.3 is 0 Å². The first-order chi connectivity index (χ1) is 5.74. The molecule has 2 atom stereocenters. The molecule has 4 nitrogen and oxygen atoms in total. The lowest BCUT2D eigenvalue weighted by molar-refractivity contribution is 0.101. The van der Waals surface area contributed by atoms with E-state index in [1.165, 1.54) is 6.33 Å². The van der Waals surface area contributed by atoms with Crippen molar-refractivity contribution in [1.29, 1.82) is 0 Å². The van der Waals surface area contributed by atoms with Gasteiger partial charge in [-0.25, -0.2) is 4.98 Å². The molecular weight excluding hydrogens is 154 g/mol. The smallest absolute Gasteiger partial charge is 0.137 e. The van der Waals surface area contributed by atoms with Crippen molar-refractivity contribution in [3.05, 3.63) is 12.7 Å². The summed E-state index contributed by atoms with van der Waals surface area (Å²) in [5.41, 5.74) is 0. The predicted octanol–water partition coefficient (Wildman–Crippen LogP) is 0.685. The molecule has 2 unspecified atom stereocenters. The SMILES string of the molecule is CCC(O)C(C)Cn1cncn1. The van der Waals surface area contributed by atoms with Gasteiger partial charge in [-0.05, 0) is 6.42 Å². The number of nitrogens with zero attached hydrogens (tertiary/aromatic N) is 3. The van der Waals surface area contributed by atoms with E-state index in [9.17, 15) is 5.11 Å². The second kappa shape index (κ2) is 4.21. The molecule has 1 aromatic heterocycles. The normalized spacial score (nSPS) is 15.9. The molecule has 12 heavy (non-hydrogen) atoms. The summed E-state index contributed by atoms with van der Waals surface area (Å²) in [5.74, 6) is 0.233. The molecule has 1 heterocycles. The van der Waals surface area contributed by atoms with Crippen LogP contribution in [0.3, 0.4) is 0 Å². The quantitative estimate of drug-likeness (QED) is 0.721. The summed E-state index contributed by atoms with van der Waals surface area (Å²) in [6.07, 6.45) is 3.72. The van der Waals surface area contributed by atoms with E-state index in [0.29, 0.717) is 0 Å². The molecule has 1 aromatic rings. The van der Waals surface area contributed by atoms with Crippen LogP contribution in [-0.4, -0.2) is 26.0 Å². The van der Waals surface area contributed by atoms with Gasteiger partial charge in [0, 0.05) is 12.5 Å². The Kier molecular flexibility index (Phi) is 3.22. The van der Waals surface area contributed by atoms with Crippen molar-refractivity contribution in [3.63, 3.8) is 0 Å². The van der Waals surface area contributed by atoms with E-state index in [2.05, 4.69) is 10.1 Å². The molecule has 68 valence electrons. The van der Waals surface area contributed by atoms with Crippen LogP contribution in [0.15, 0.2) is 12.7 Å². The maximum Gasteiger partial charge on any atom is 0.137 e. The predicted molar refractivity (Wildman–Crippen MR) is 45.5 cm³/mol. The Morgan fingerprint density at radius 2 is 2.33 bits per heavy atom. The van der Waals surface area contributed by atoms with Gasteiger partial charge in [-0.3, -0.25) is 4.68 Å². The van der Waals surface area contributed by atoms with E-state index in [1.807, 2.05) is 13.8 Å². The Labute approximate surface area is 72.2 Å². The zero-order valence-electron chi connectivity index (χ0n) is 7.51. The number of rotatable bonds is 4. The molecule has 0 saturated heterocycles. The van der Waals surface area contributed by atoms with Crippen molar-refractivity contribution in [3.8, 4) is 0 Å². The summed E-state index contributed by atoms with van der Waals surface area (Å²) in [5, 5.41) is 13.4. The van der Waals surface area contributed by atoms with Crippen LogP contribution < -0.4 is 0 Å². The third-order valence-electron chi connectivity index (χ3n) is 2.02. The Hall–Kier alpha value is -0.900. The van der Waals surface area contributed by atoms with Crippen LogP contribution in [0.5, 0.6) is 0 Å². The standard InChI is InChI=1S/C8H15N3O/c1-3-8(12)7(2)4-11-6-9-5-10-11/h5-8,12H,3-4H2,1-2H3. The maximum atomic E-state index is 9.46. The molecule has 4 heteroatoms. The van der Waals surface area contributed by atoms with E-state index >= 15 is 0 Å². The van der Waals surface area contributed by atoms with E-state index in [1.54, 1.807) is 11.0 Å². The third kappa shape index (κ3) is 2.30. The zero-order valence-corrected chi connectivity index (χ0v) is 7.51. The van der Waals surface area contributed by atoms with E-state index in [0.717, 1.165) is 13.0 Å². The Bertz CT molecular complexity index is 210. The molecule has 1 N–H and O–H groups in total. The number of aromatic nitrogens is 3. The van der Waals surface area contributed by atoms with Crippen LogP contribution >= 0.6 is 0 Å². The summed E-state index contributed by atoms with van der Waals surface area (Å²) in [6, 6.07) is 0. The van der Waals surface area contributed by atoms with Crippen LogP contribution in [0.25, 0.3) is 0 Å². The van der Waals surface area contributed by atoms with Gasteiger partial charge in [-0.2, -0.15) is 5.10 Å². The zero-order chi connectivity index (χ0) is 8.97. The van der Waals surface area contributed by atoms with Crippen LogP contribution in [-0.2, 0) is 6.54 Å². The van der Waals surface area contributed by atoms with Gasteiger partial charge in [0.25, 0.3) is 0 Å². The number of hydrogen-bond acceptors (Lipinski definition) is 3. The molecule has 0 saturated carbocycles. The number of aliphatic hydroxyl groups excluding tert-OH is 1. The molecule has 0 spiro atoms. The molecule has 0 aromatic carbocycles. The van der Waals surface area contributed by atoms with E-state index < -0.39 is 0 Å².